The van der Waals surface area contributed by atoms with Gasteiger partial charge in [-0.15, -0.1) is 0 Å². The van der Waals surface area contributed by atoms with Crippen molar-refractivity contribution in [3.05, 3.63) is 125 Å². The number of halogens is 1. The second-order valence-electron chi connectivity index (χ2n) is 10.7. The van der Waals surface area contributed by atoms with Crippen LogP contribution in [0, 0.1) is 18.7 Å². The highest BCUT2D eigenvalue weighted by molar-refractivity contribution is 5.89. The predicted molar refractivity (Wildman–Crippen MR) is 158 cm³/mol. The summed E-state index contributed by atoms with van der Waals surface area (Å²) >= 11 is 0. The maximum atomic E-state index is 16.2. The van der Waals surface area contributed by atoms with Gasteiger partial charge in [0.25, 0.3) is 0 Å². The Bertz CT molecular complexity index is 1550. The topological polar surface area (TPSA) is 26.2 Å². The number of rotatable bonds is 11. The molecule has 1 aromatic heterocycles. The Hall–Kier alpha value is -3.89. The van der Waals surface area contributed by atoms with Crippen molar-refractivity contribution in [2.24, 2.45) is 5.92 Å². The molecule has 0 atom stereocenters. The van der Waals surface area contributed by atoms with E-state index in [9.17, 15) is 0 Å². The van der Waals surface area contributed by atoms with Gasteiger partial charge in [-0.1, -0.05) is 78.9 Å². The molecule has 3 nitrogen and oxygen atoms in total. The summed E-state index contributed by atoms with van der Waals surface area (Å²) in [5, 5.41) is 4.15. The smallest absolute Gasteiger partial charge is 0.156 e. The molecule has 5 aromatic rings. The van der Waals surface area contributed by atoms with Crippen molar-refractivity contribution in [3.8, 4) is 17.0 Å². The van der Waals surface area contributed by atoms with Crippen molar-refractivity contribution >= 4 is 10.9 Å². The largest absolute Gasteiger partial charge is 0.489 e. The van der Waals surface area contributed by atoms with E-state index in [1.807, 2.05) is 79.7 Å². The Kier molecular flexibility index (Phi) is 7.46. The van der Waals surface area contributed by atoms with Gasteiger partial charge < -0.3 is 14.6 Å². The Morgan fingerprint density at radius 2 is 1.59 bits per heavy atom. The summed E-state index contributed by atoms with van der Waals surface area (Å²) in [6.07, 6.45) is 3.78. The predicted octanol–water partition coefficient (Wildman–Crippen LogP) is 7.93. The molecule has 0 aliphatic heterocycles. The van der Waals surface area contributed by atoms with Crippen LogP contribution in [0.25, 0.3) is 22.2 Å². The van der Waals surface area contributed by atoms with Crippen molar-refractivity contribution < 1.29 is 9.13 Å². The normalized spacial score (nSPS) is 13.2. The van der Waals surface area contributed by atoms with E-state index in [-0.39, 0.29) is 5.82 Å². The molecule has 0 bridgehead atoms. The van der Waals surface area contributed by atoms with Crippen LogP contribution >= 0.6 is 0 Å². The minimum Gasteiger partial charge on any atom is -0.489 e. The van der Waals surface area contributed by atoms with Gasteiger partial charge in [0.15, 0.2) is 5.82 Å². The fourth-order valence-corrected chi connectivity index (χ4v) is 5.24. The van der Waals surface area contributed by atoms with Gasteiger partial charge >= 0.3 is 0 Å². The van der Waals surface area contributed by atoms with Gasteiger partial charge in [0.2, 0.25) is 0 Å². The van der Waals surface area contributed by atoms with E-state index in [0.29, 0.717) is 30.0 Å². The number of nitrogens with one attached hydrogen (secondary N) is 1. The Morgan fingerprint density at radius 1 is 0.846 bits per heavy atom. The molecule has 1 aliphatic rings. The van der Waals surface area contributed by atoms with Crippen LogP contribution in [0.1, 0.15) is 35.1 Å². The molecule has 0 spiro atoms. The van der Waals surface area contributed by atoms with Crippen LogP contribution in [-0.4, -0.2) is 17.7 Å². The third-order valence-electron chi connectivity index (χ3n) is 7.71. The third kappa shape index (κ3) is 5.91. The lowest BCUT2D eigenvalue weighted by molar-refractivity contribution is 0.306. The monoisotopic (exact) mass is 518 g/mol. The molecule has 198 valence electrons. The van der Waals surface area contributed by atoms with Crippen LogP contribution in [0.3, 0.4) is 0 Å². The van der Waals surface area contributed by atoms with E-state index in [0.717, 1.165) is 53.2 Å². The van der Waals surface area contributed by atoms with E-state index < -0.39 is 0 Å². The second-order valence-corrected chi connectivity index (χ2v) is 10.7. The molecule has 0 unspecified atom stereocenters. The van der Waals surface area contributed by atoms with Crippen molar-refractivity contribution in [3.63, 3.8) is 0 Å². The molecule has 6 rings (SSSR count). The SMILES string of the molecule is Cc1ccccc1-c1c(F)c2cc(OCc3ccccc3)ccc2n1Cc1ccc(CCNCC2CC2)cc1. The zero-order chi connectivity index (χ0) is 26.6. The van der Waals surface area contributed by atoms with Gasteiger partial charge in [0.05, 0.1) is 11.2 Å². The highest BCUT2D eigenvalue weighted by atomic mass is 19.1. The van der Waals surface area contributed by atoms with Crippen LogP contribution in [0.5, 0.6) is 5.75 Å². The molecular formula is C35H35FN2O. The molecule has 4 aromatic carbocycles. The first kappa shape index (κ1) is 25.4. The first-order chi connectivity index (χ1) is 19.2. The van der Waals surface area contributed by atoms with Gasteiger partial charge in [0, 0.05) is 17.5 Å². The van der Waals surface area contributed by atoms with Crippen LogP contribution in [0.4, 0.5) is 4.39 Å². The fourth-order valence-electron chi connectivity index (χ4n) is 5.24. The Morgan fingerprint density at radius 3 is 2.36 bits per heavy atom. The van der Waals surface area contributed by atoms with E-state index in [1.54, 1.807) is 0 Å². The summed E-state index contributed by atoms with van der Waals surface area (Å²) in [5.74, 6) is 1.36. The average molecular weight is 519 g/mol. The zero-order valence-electron chi connectivity index (χ0n) is 22.5. The van der Waals surface area contributed by atoms with Crippen LogP contribution in [0.2, 0.25) is 0 Å². The standard InChI is InChI=1S/C35H35FN2O/c1-25-7-5-6-10-31(25)35-34(36)32-21-30(39-24-29-8-3-2-4-9-29)17-18-33(32)38(35)23-28-15-11-26(12-16-28)19-20-37-22-27-13-14-27/h2-12,15-18,21,27,37H,13-14,19-20,22-24H2,1H3. The lowest BCUT2D eigenvalue weighted by atomic mass is 10.0. The molecule has 4 heteroatoms. The van der Waals surface area contributed by atoms with Gasteiger partial charge in [0.1, 0.15) is 12.4 Å². The van der Waals surface area contributed by atoms with E-state index in [4.69, 9.17) is 4.74 Å². The Labute approximate surface area is 230 Å². The van der Waals surface area contributed by atoms with Crippen LogP contribution in [-0.2, 0) is 19.6 Å². The average Bonchev–Trinajstić information content (AvgIpc) is 3.76. The molecule has 0 radical (unpaired) electrons. The summed E-state index contributed by atoms with van der Waals surface area (Å²) in [6, 6.07) is 32.6. The molecular weight excluding hydrogens is 483 g/mol. The number of benzene rings is 4. The molecule has 1 aliphatic carbocycles. The number of fused-ring (bicyclic) bond motifs is 1. The first-order valence-electron chi connectivity index (χ1n) is 14.0. The molecule has 1 heterocycles. The maximum Gasteiger partial charge on any atom is 0.156 e. The number of aryl methyl sites for hydroxylation is 1. The van der Waals surface area contributed by atoms with E-state index in [2.05, 4.69) is 34.1 Å². The van der Waals surface area contributed by atoms with Crippen molar-refractivity contribution in [2.75, 3.05) is 13.1 Å². The summed E-state index contributed by atoms with van der Waals surface area (Å²) < 4.78 is 24.4. The summed E-state index contributed by atoms with van der Waals surface area (Å²) in [7, 11) is 0. The molecule has 0 saturated heterocycles. The number of hydrogen-bond acceptors (Lipinski definition) is 2. The summed E-state index contributed by atoms with van der Waals surface area (Å²) in [6.45, 7) is 5.23. The molecule has 1 saturated carbocycles. The van der Waals surface area contributed by atoms with Crippen LogP contribution < -0.4 is 10.1 Å². The zero-order valence-corrected chi connectivity index (χ0v) is 22.5. The minimum atomic E-state index is -0.206. The molecule has 1 N–H and O–H groups in total. The highest BCUT2D eigenvalue weighted by Gasteiger charge is 2.21. The molecule has 0 amide bonds. The lowest BCUT2D eigenvalue weighted by Gasteiger charge is -2.14. The van der Waals surface area contributed by atoms with Crippen molar-refractivity contribution in [1.82, 2.24) is 9.88 Å². The van der Waals surface area contributed by atoms with E-state index >= 15 is 4.39 Å². The number of nitrogens with zero attached hydrogens (tertiary/aromatic N) is 1. The minimum absolute atomic E-state index is 0.206. The van der Waals surface area contributed by atoms with Gasteiger partial charge in [-0.25, -0.2) is 4.39 Å². The number of ether oxygens (including phenoxy) is 1. The van der Waals surface area contributed by atoms with Gasteiger partial charge in [-0.05, 0) is 85.6 Å². The van der Waals surface area contributed by atoms with Crippen molar-refractivity contribution in [2.45, 2.75) is 39.3 Å². The maximum absolute atomic E-state index is 16.2. The van der Waals surface area contributed by atoms with Crippen LogP contribution in [0.15, 0.2) is 97.1 Å². The van der Waals surface area contributed by atoms with Gasteiger partial charge in [-0.3, -0.25) is 0 Å². The summed E-state index contributed by atoms with van der Waals surface area (Å²) in [4.78, 5) is 0. The Balaban J connectivity index is 1.28. The lowest BCUT2D eigenvalue weighted by Crippen LogP contribution is -2.19. The van der Waals surface area contributed by atoms with Crippen molar-refractivity contribution in [1.29, 1.82) is 0 Å². The first-order valence-corrected chi connectivity index (χ1v) is 14.0. The molecule has 1 fully saturated rings. The third-order valence-corrected chi connectivity index (χ3v) is 7.71. The second kappa shape index (κ2) is 11.5. The van der Waals surface area contributed by atoms with E-state index in [1.165, 1.54) is 18.4 Å². The summed E-state index contributed by atoms with van der Waals surface area (Å²) in [5.41, 5.74) is 7.01. The highest BCUT2D eigenvalue weighted by Crippen LogP contribution is 2.36. The fraction of sp³-hybridized carbons (Fsp3) is 0.257. The quantitative estimate of drug-likeness (QED) is 0.180. The number of aromatic nitrogens is 1. The molecule has 39 heavy (non-hydrogen) atoms. The number of hydrogen-bond donors (Lipinski definition) is 1. The van der Waals surface area contributed by atoms with Gasteiger partial charge in [-0.2, -0.15) is 0 Å².